The van der Waals surface area contributed by atoms with Crippen molar-refractivity contribution in [3.8, 4) is 0 Å². The summed E-state index contributed by atoms with van der Waals surface area (Å²) in [6.45, 7) is 3.93. The van der Waals surface area contributed by atoms with Gasteiger partial charge in [0.1, 0.15) is 0 Å². The van der Waals surface area contributed by atoms with Gasteiger partial charge in [-0.2, -0.15) is 0 Å². The lowest BCUT2D eigenvalue weighted by Gasteiger charge is -2.07. The van der Waals surface area contributed by atoms with Crippen LogP contribution in [0.2, 0.25) is 0 Å². The first-order valence-corrected chi connectivity index (χ1v) is 4.10. The lowest BCUT2D eigenvalue weighted by atomic mass is 9.76. The van der Waals surface area contributed by atoms with Crippen LogP contribution in [0.1, 0.15) is 18.1 Å². The Morgan fingerprint density at radius 1 is 1.33 bits per heavy atom. The molecule has 2 nitrogen and oxygen atoms in total. The number of hydrogen-bond donors (Lipinski definition) is 2. The van der Waals surface area contributed by atoms with Crippen molar-refractivity contribution in [1.29, 1.82) is 0 Å². The Hall–Kier alpha value is -0.795. The summed E-state index contributed by atoms with van der Waals surface area (Å²) in [4.78, 5) is 0. The van der Waals surface area contributed by atoms with Crippen LogP contribution in [0.4, 0.5) is 0 Å². The van der Waals surface area contributed by atoms with Crippen molar-refractivity contribution in [2.24, 2.45) is 0 Å². The molecule has 64 valence electrons. The topological polar surface area (TPSA) is 40.5 Å². The van der Waals surface area contributed by atoms with Crippen molar-refractivity contribution in [2.75, 3.05) is 0 Å². The monoisotopic (exact) mass is 164 g/mol. The molecular formula is C9H13BO2. The predicted octanol–water partition coefficient (Wildman–Crippen LogP) is 0.237. The molecule has 0 fully saturated rings. The molecular weight excluding hydrogens is 151 g/mol. The van der Waals surface area contributed by atoms with Crippen molar-refractivity contribution < 1.29 is 10.0 Å². The van der Waals surface area contributed by atoms with Gasteiger partial charge in [0.15, 0.2) is 0 Å². The van der Waals surface area contributed by atoms with E-state index in [4.69, 9.17) is 10.0 Å². The summed E-state index contributed by atoms with van der Waals surface area (Å²) < 4.78 is 0. The van der Waals surface area contributed by atoms with E-state index < -0.39 is 7.12 Å². The second kappa shape index (κ2) is 3.74. The normalized spacial score (nSPS) is 10.0. The van der Waals surface area contributed by atoms with Gasteiger partial charge < -0.3 is 10.0 Å². The molecule has 0 aliphatic rings. The number of hydrogen-bond acceptors (Lipinski definition) is 2. The average molecular weight is 164 g/mol. The Balaban J connectivity index is 3.12. The molecule has 0 unspecified atom stereocenters. The first-order valence-electron chi connectivity index (χ1n) is 4.10. The SMILES string of the molecule is CCc1ccc(C)cc1B(O)O. The van der Waals surface area contributed by atoms with Gasteiger partial charge in [-0.05, 0) is 24.4 Å². The third kappa shape index (κ3) is 1.87. The summed E-state index contributed by atoms with van der Waals surface area (Å²) in [6.07, 6.45) is 0.827. The summed E-state index contributed by atoms with van der Waals surface area (Å²) in [5.41, 5.74) is 2.67. The van der Waals surface area contributed by atoms with Crippen molar-refractivity contribution in [2.45, 2.75) is 20.3 Å². The van der Waals surface area contributed by atoms with Crippen LogP contribution in [0.5, 0.6) is 0 Å². The lowest BCUT2D eigenvalue weighted by molar-refractivity contribution is 0.425. The molecule has 1 aromatic rings. The highest BCUT2D eigenvalue weighted by Gasteiger charge is 2.14. The molecule has 0 heterocycles. The second-order valence-electron chi connectivity index (χ2n) is 2.93. The minimum Gasteiger partial charge on any atom is -0.423 e. The summed E-state index contributed by atoms with van der Waals surface area (Å²) >= 11 is 0. The molecule has 0 aliphatic heterocycles. The molecule has 0 spiro atoms. The fraction of sp³-hybridized carbons (Fsp3) is 0.333. The largest absolute Gasteiger partial charge is 0.488 e. The molecule has 0 saturated heterocycles. The highest BCUT2D eigenvalue weighted by molar-refractivity contribution is 6.59. The van der Waals surface area contributed by atoms with E-state index in [1.807, 2.05) is 32.0 Å². The van der Waals surface area contributed by atoms with Crippen LogP contribution in [-0.4, -0.2) is 17.2 Å². The van der Waals surface area contributed by atoms with Crippen LogP contribution in [0, 0.1) is 6.92 Å². The van der Waals surface area contributed by atoms with Crippen LogP contribution in [0.25, 0.3) is 0 Å². The van der Waals surface area contributed by atoms with E-state index in [1.165, 1.54) is 0 Å². The third-order valence-corrected chi connectivity index (χ3v) is 1.96. The minimum absolute atomic E-state index is 0.623. The molecule has 0 aromatic heterocycles. The fourth-order valence-corrected chi connectivity index (χ4v) is 1.28. The summed E-state index contributed by atoms with van der Waals surface area (Å²) in [6, 6.07) is 5.72. The lowest BCUT2D eigenvalue weighted by Crippen LogP contribution is -2.33. The fourth-order valence-electron chi connectivity index (χ4n) is 1.28. The molecule has 0 saturated carbocycles. The van der Waals surface area contributed by atoms with Gasteiger partial charge in [-0.15, -0.1) is 0 Å². The molecule has 0 atom stereocenters. The minimum atomic E-state index is -1.35. The summed E-state index contributed by atoms with van der Waals surface area (Å²) in [5, 5.41) is 18.0. The van der Waals surface area contributed by atoms with Crippen molar-refractivity contribution in [3.63, 3.8) is 0 Å². The first-order chi connectivity index (χ1) is 5.65. The van der Waals surface area contributed by atoms with Gasteiger partial charge in [0.2, 0.25) is 0 Å². The maximum Gasteiger partial charge on any atom is 0.488 e. The highest BCUT2D eigenvalue weighted by Crippen LogP contribution is 2.01. The first kappa shape index (κ1) is 9.29. The van der Waals surface area contributed by atoms with E-state index in [-0.39, 0.29) is 0 Å². The third-order valence-electron chi connectivity index (χ3n) is 1.96. The van der Waals surface area contributed by atoms with E-state index in [9.17, 15) is 0 Å². The van der Waals surface area contributed by atoms with E-state index in [1.54, 1.807) is 0 Å². The molecule has 0 bridgehead atoms. The van der Waals surface area contributed by atoms with Crippen LogP contribution >= 0.6 is 0 Å². The average Bonchev–Trinajstić information content (AvgIpc) is 2.04. The molecule has 0 aliphatic carbocycles. The van der Waals surface area contributed by atoms with Gasteiger partial charge in [0.05, 0.1) is 0 Å². The second-order valence-corrected chi connectivity index (χ2v) is 2.93. The Morgan fingerprint density at radius 3 is 2.50 bits per heavy atom. The molecule has 1 aromatic carbocycles. The van der Waals surface area contributed by atoms with Crippen LogP contribution in [0.3, 0.4) is 0 Å². The van der Waals surface area contributed by atoms with Crippen molar-refractivity contribution in [1.82, 2.24) is 0 Å². The van der Waals surface area contributed by atoms with E-state index in [2.05, 4.69) is 0 Å². The summed E-state index contributed by atoms with van der Waals surface area (Å²) in [5.74, 6) is 0. The van der Waals surface area contributed by atoms with E-state index in [0.29, 0.717) is 5.46 Å². The maximum atomic E-state index is 9.02. The molecule has 0 amide bonds. The maximum absolute atomic E-state index is 9.02. The smallest absolute Gasteiger partial charge is 0.423 e. The van der Waals surface area contributed by atoms with Crippen molar-refractivity contribution in [3.05, 3.63) is 29.3 Å². The Bertz CT molecular complexity index is 271. The summed E-state index contributed by atoms with van der Waals surface area (Å²) in [7, 11) is -1.35. The molecule has 12 heavy (non-hydrogen) atoms. The van der Waals surface area contributed by atoms with Gasteiger partial charge in [-0.3, -0.25) is 0 Å². The van der Waals surface area contributed by atoms with E-state index >= 15 is 0 Å². The van der Waals surface area contributed by atoms with Crippen LogP contribution < -0.4 is 5.46 Å². The van der Waals surface area contributed by atoms with Gasteiger partial charge in [-0.25, -0.2) is 0 Å². The zero-order chi connectivity index (χ0) is 9.14. The van der Waals surface area contributed by atoms with Crippen molar-refractivity contribution >= 4 is 12.6 Å². The van der Waals surface area contributed by atoms with Crippen LogP contribution in [0.15, 0.2) is 18.2 Å². The predicted molar refractivity (Wildman–Crippen MR) is 50.4 cm³/mol. The zero-order valence-electron chi connectivity index (χ0n) is 7.41. The van der Waals surface area contributed by atoms with Gasteiger partial charge >= 0.3 is 7.12 Å². The van der Waals surface area contributed by atoms with Gasteiger partial charge in [-0.1, -0.05) is 30.7 Å². The highest BCUT2D eigenvalue weighted by atomic mass is 16.4. The Morgan fingerprint density at radius 2 is 2.00 bits per heavy atom. The molecule has 0 radical (unpaired) electrons. The zero-order valence-corrected chi connectivity index (χ0v) is 7.41. The number of benzene rings is 1. The van der Waals surface area contributed by atoms with Crippen LogP contribution in [-0.2, 0) is 6.42 Å². The van der Waals surface area contributed by atoms with Gasteiger partial charge in [0, 0.05) is 0 Å². The van der Waals surface area contributed by atoms with Gasteiger partial charge in [0.25, 0.3) is 0 Å². The molecule has 3 heteroatoms. The standard InChI is InChI=1S/C9H13BO2/c1-3-8-5-4-7(2)6-9(8)10(11)12/h4-6,11-12H,3H2,1-2H3. The van der Waals surface area contributed by atoms with E-state index in [0.717, 1.165) is 17.5 Å². The number of rotatable bonds is 2. The Kier molecular flexibility index (Phi) is 2.90. The Labute approximate surface area is 73.0 Å². The quantitative estimate of drug-likeness (QED) is 0.614. The molecule has 2 N–H and O–H groups in total. The number of aryl methyl sites for hydroxylation is 2. The molecule has 1 rings (SSSR count).